The summed E-state index contributed by atoms with van der Waals surface area (Å²) >= 11 is 0. The molecule has 20 heavy (non-hydrogen) atoms. The zero-order valence-corrected chi connectivity index (χ0v) is 10.7. The topological polar surface area (TPSA) is 52.6 Å². The van der Waals surface area contributed by atoms with Gasteiger partial charge in [-0.25, -0.2) is 0 Å². The minimum absolute atomic E-state index is 0.0292. The van der Waals surface area contributed by atoms with Gasteiger partial charge >= 0.3 is 11.9 Å². The van der Waals surface area contributed by atoms with E-state index in [-0.39, 0.29) is 18.6 Å². The lowest BCUT2D eigenvalue weighted by Crippen LogP contribution is -2.18. The molecule has 0 unspecified atom stereocenters. The van der Waals surface area contributed by atoms with Crippen LogP contribution in [0, 0.1) is 0 Å². The fourth-order valence-corrected chi connectivity index (χ4v) is 2.09. The number of hydrogen-bond donors (Lipinski definition) is 0. The standard InChI is InChI=1S/C16H12O4/c17-14-9-10-15(18)20-16-12(7-4-8-13(16)19-14)11-5-2-1-3-6-11/h1-8H,9-10H2. The summed E-state index contributed by atoms with van der Waals surface area (Å²) in [6.07, 6.45) is 0.0647. The van der Waals surface area contributed by atoms with Gasteiger partial charge in [-0.2, -0.15) is 0 Å². The number of rotatable bonds is 1. The van der Waals surface area contributed by atoms with Crippen molar-refractivity contribution in [1.29, 1.82) is 0 Å². The second kappa shape index (κ2) is 5.17. The summed E-state index contributed by atoms with van der Waals surface area (Å²) in [5.41, 5.74) is 1.62. The lowest BCUT2D eigenvalue weighted by atomic mass is 10.0. The van der Waals surface area contributed by atoms with Crippen molar-refractivity contribution >= 4 is 11.9 Å². The molecule has 0 saturated heterocycles. The molecular weight excluding hydrogens is 256 g/mol. The number of benzene rings is 2. The Morgan fingerprint density at radius 1 is 0.750 bits per heavy atom. The molecule has 2 aromatic carbocycles. The highest BCUT2D eigenvalue weighted by molar-refractivity contribution is 5.86. The lowest BCUT2D eigenvalue weighted by Gasteiger charge is -2.17. The van der Waals surface area contributed by atoms with Crippen LogP contribution in [-0.4, -0.2) is 11.9 Å². The molecule has 2 aromatic rings. The van der Waals surface area contributed by atoms with Crippen molar-refractivity contribution in [3.63, 3.8) is 0 Å². The molecule has 4 nitrogen and oxygen atoms in total. The fraction of sp³-hybridized carbons (Fsp3) is 0.125. The molecule has 0 amide bonds. The van der Waals surface area contributed by atoms with E-state index in [0.29, 0.717) is 5.75 Å². The first-order valence-corrected chi connectivity index (χ1v) is 6.34. The van der Waals surface area contributed by atoms with Gasteiger partial charge in [0.15, 0.2) is 11.5 Å². The normalized spacial score (nSPS) is 14.6. The summed E-state index contributed by atoms with van der Waals surface area (Å²) in [5, 5.41) is 0. The molecule has 0 fully saturated rings. The van der Waals surface area contributed by atoms with Crippen LogP contribution in [0.2, 0.25) is 0 Å². The summed E-state index contributed by atoms with van der Waals surface area (Å²) in [6.45, 7) is 0. The average molecular weight is 268 g/mol. The largest absolute Gasteiger partial charge is 0.422 e. The van der Waals surface area contributed by atoms with Gasteiger partial charge in [0, 0.05) is 5.56 Å². The Labute approximate surface area is 115 Å². The molecular formula is C16H12O4. The lowest BCUT2D eigenvalue weighted by molar-refractivity contribution is -0.142. The molecule has 0 radical (unpaired) electrons. The van der Waals surface area contributed by atoms with Crippen LogP contribution in [0.3, 0.4) is 0 Å². The van der Waals surface area contributed by atoms with Crippen molar-refractivity contribution in [3.05, 3.63) is 48.5 Å². The fourth-order valence-electron chi connectivity index (χ4n) is 2.09. The van der Waals surface area contributed by atoms with Crippen LogP contribution in [0.15, 0.2) is 48.5 Å². The molecule has 0 saturated carbocycles. The molecule has 100 valence electrons. The summed E-state index contributed by atoms with van der Waals surface area (Å²) in [7, 11) is 0. The first kappa shape index (κ1) is 12.4. The predicted octanol–water partition coefficient (Wildman–Crippen LogP) is 2.96. The Balaban J connectivity index is 2.13. The van der Waals surface area contributed by atoms with Gasteiger partial charge in [-0.15, -0.1) is 0 Å². The molecule has 1 aliphatic heterocycles. The van der Waals surface area contributed by atoms with Crippen LogP contribution in [0.4, 0.5) is 0 Å². The highest BCUT2D eigenvalue weighted by Crippen LogP contribution is 2.39. The maximum absolute atomic E-state index is 11.7. The van der Waals surface area contributed by atoms with Crippen LogP contribution in [0.1, 0.15) is 12.8 Å². The molecule has 0 aliphatic carbocycles. The second-order valence-corrected chi connectivity index (χ2v) is 4.45. The van der Waals surface area contributed by atoms with E-state index in [2.05, 4.69) is 0 Å². The van der Waals surface area contributed by atoms with Gasteiger partial charge in [-0.1, -0.05) is 42.5 Å². The second-order valence-electron chi connectivity index (χ2n) is 4.45. The van der Waals surface area contributed by atoms with E-state index < -0.39 is 11.9 Å². The first-order chi connectivity index (χ1) is 9.74. The summed E-state index contributed by atoms with van der Waals surface area (Å²) in [4.78, 5) is 23.3. The molecule has 1 aliphatic rings. The number of hydrogen-bond acceptors (Lipinski definition) is 4. The number of esters is 2. The summed E-state index contributed by atoms with van der Waals surface area (Å²) < 4.78 is 10.6. The van der Waals surface area contributed by atoms with Crippen molar-refractivity contribution < 1.29 is 19.1 Å². The van der Waals surface area contributed by atoms with Crippen molar-refractivity contribution in [2.24, 2.45) is 0 Å². The van der Waals surface area contributed by atoms with Crippen LogP contribution < -0.4 is 9.47 Å². The number of carbonyl (C=O) groups is 2. The van der Waals surface area contributed by atoms with E-state index >= 15 is 0 Å². The van der Waals surface area contributed by atoms with Gasteiger partial charge in [0.2, 0.25) is 0 Å². The van der Waals surface area contributed by atoms with E-state index in [1.807, 2.05) is 36.4 Å². The van der Waals surface area contributed by atoms with Gasteiger partial charge in [-0.05, 0) is 11.6 Å². The van der Waals surface area contributed by atoms with E-state index in [4.69, 9.17) is 9.47 Å². The molecule has 0 bridgehead atoms. The maximum atomic E-state index is 11.7. The van der Waals surface area contributed by atoms with Crippen molar-refractivity contribution in [2.45, 2.75) is 12.8 Å². The molecule has 0 spiro atoms. The van der Waals surface area contributed by atoms with E-state index in [0.717, 1.165) is 11.1 Å². The Bertz CT molecular complexity index is 661. The quantitative estimate of drug-likeness (QED) is 0.589. The van der Waals surface area contributed by atoms with Gasteiger partial charge in [0.05, 0.1) is 12.8 Å². The van der Waals surface area contributed by atoms with Crippen molar-refractivity contribution in [1.82, 2.24) is 0 Å². The molecule has 1 heterocycles. The molecule has 0 N–H and O–H groups in total. The Hall–Kier alpha value is -2.62. The monoisotopic (exact) mass is 268 g/mol. The van der Waals surface area contributed by atoms with Gasteiger partial charge < -0.3 is 9.47 Å². The molecule has 4 heteroatoms. The third-order valence-corrected chi connectivity index (χ3v) is 3.04. The zero-order valence-electron chi connectivity index (χ0n) is 10.7. The average Bonchev–Trinajstić information content (AvgIpc) is 2.46. The number of fused-ring (bicyclic) bond motifs is 1. The van der Waals surface area contributed by atoms with Gasteiger partial charge in [0.25, 0.3) is 0 Å². The van der Waals surface area contributed by atoms with Crippen LogP contribution in [0.25, 0.3) is 11.1 Å². The highest BCUT2D eigenvalue weighted by Gasteiger charge is 2.22. The molecule has 3 rings (SSSR count). The third kappa shape index (κ3) is 2.40. The van der Waals surface area contributed by atoms with Crippen molar-refractivity contribution in [3.8, 4) is 22.6 Å². The third-order valence-electron chi connectivity index (χ3n) is 3.04. The first-order valence-electron chi connectivity index (χ1n) is 6.34. The number of para-hydroxylation sites is 1. The predicted molar refractivity (Wildman–Crippen MR) is 72.4 cm³/mol. The highest BCUT2D eigenvalue weighted by atomic mass is 16.6. The smallest absolute Gasteiger partial charge is 0.311 e. The van der Waals surface area contributed by atoms with E-state index in [9.17, 15) is 9.59 Å². The van der Waals surface area contributed by atoms with Crippen LogP contribution in [-0.2, 0) is 9.59 Å². The van der Waals surface area contributed by atoms with Crippen LogP contribution in [0.5, 0.6) is 11.5 Å². The number of carbonyl (C=O) groups excluding carboxylic acids is 2. The SMILES string of the molecule is O=C1CCC(=O)Oc2c(cccc2-c2ccccc2)O1. The van der Waals surface area contributed by atoms with E-state index in [1.165, 1.54) is 0 Å². The zero-order chi connectivity index (χ0) is 13.9. The Kier molecular flexibility index (Phi) is 3.21. The Morgan fingerprint density at radius 2 is 1.45 bits per heavy atom. The summed E-state index contributed by atoms with van der Waals surface area (Å²) in [6, 6.07) is 14.7. The Morgan fingerprint density at radius 3 is 2.20 bits per heavy atom. The minimum atomic E-state index is -0.425. The van der Waals surface area contributed by atoms with Gasteiger partial charge in [0.1, 0.15) is 0 Å². The molecule has 0 atom stereocenters. The maximum Gasteiger partial charge on any atom is 0.311 e. The minimum Gasteiger partial charge on any atom is -0.422 e. The summed E-state index contributed by atoms with van der Waals surface area (Å²) in [5.74, 6) is -0.263. The van der Waals surface area contributed by atoms with E-state index in [1.54, 1.807) is 12.1 Å². The number of ether oxygens (including phenoxy) is 2. The van der Waals surface area contributed by atoms with Gasteiger partial charge in [-0.3, -0.25) is 9.59 Å². The molecule has 0 aromatic heterocycles. The van der Waals surface area contributed by atoms with Crippen molar-refractivity contribution in [2.75, 3.05) is 0 Å². The van der Waals surface area contributed by atoms with Crippen LogP contribution >= 0.6 is 0 Å².